The summed E-state index contributed by atoms with van der Waals surface area (Å²) >= 11 is 0. The number of hydrogen-bond acceptors (Lipinski definition) is 13. The monoisotopic (exact) mass is 780 g/mol. The molecule has 5 N–H and O–H groups in total. The fourth-order valence-electron chi connectivity index (χ4n) is 5.39. The van der Waals surface area contributed by atoms with Gasteiger partial charge in [-0.25, -0.2) is 16.8 Å². The molecule has 50 heavy (non-hydrogen) atoms. The van der Waals surface area contributed by atoms with E-state index in [9.17, 15) is 35.0 Å². The van der Waals surface area contributed by atoms with Gasteiger partial charge in [0.1, 0.15) is 0 Å². The number of benzene rings is 2. The first kappa shape index (κ1) is 42.9. The van der Waals surface area contributed by atoms with Crippen LogP contribution in [0.25, 0.3) is 0 Å². The minimum atomic E-state index is -3.97. The van der Waals surface area contributed by atoms with Gasteiger partial charge in [-0.15, -0.1) is 8.78 Å². The molecule has 0 spiro atoms. The Balaban J connectivity index is 0.000000286. The fraction of sp³-hybridized carbons (Fsp3) is 0.556. The maximum Gasteiger partial charge on any atom is 1.00 e. The van der Waals surface area contributed by atoms with Gasteiger partial charge < -0.3 is 46.2 Å². The van der Waals surface area contributed by atoms with Crippen LogP contribution < -0.4 is 64.3 Å². The molecule has 1 unspecified atom stereocenters. The molecule has 2 aromatic rings. The van der Waals surface area contributed by atoms with Crippen LogP contribution in [0.4, 0.5) is 13.2 Å². The first-order valence-corrected chi connectivity index (χ1v) is 19.1. The summed E-state index contributed by atoms with van der Waals surface area (Å²) in [6, 6.07) is 5.36. The van der Waals surface area contributed by atoms with Crippen LogP contribution >= 0.6 is 10.7 Å². The standard InChI is InChI=1S/C14H20BFN2O5S.C7H3ClF2O4S.C6H15BN2O.Na.H/c1-14(16)22-12-4-3-11(9-13(12)23-14)24(20,21)18-7-5-10(6-8-18)17-15(2)19;8-15(11,12)4-1-2-5-6(3-4)14-7(9,10)13-5;1-7(10)9-6-2-4-8-5-3-6;;/h3-4,9-10,17,19H,5-8H2,1-2H3;1-3H;6,8-10H,2-5H2,1H3;;/q;;;+1;-1. The van der Waals surface area contributed by atoms with Crippen molar-refractivity contribution in [2.75, 3.05) is 26.2 Å². The molecular formula is C27H39B2ClF3N4NaO10S2. The molecule has 0 aliphatic carbocycles. The molecule has 0 aromatic heterocycles. The number of sulfonamides is 1. The number of nitrogens with zero attached hydrogens (tertiary/aromatic N) is 1. The van der Waals surface area contributed by atoms with E-state index in [2.05, 4.69) is 25.2 Å². The summed E-state index contributed by atoms with van der Waals surface area (Å²) < 4.78 is 105. The number of nitrogens with one attached hydrogen (secondary N) is 3. The van der Waals surface area contributed by atoms with Crippen molar-refractivity contribution in [1.82, 2.24) is 20.1 Å². The molecule has 0 bridgehead atoms. The maximum absolute atomic E-state index is 13.7. The van der Waals surface area contributed by atoms with Crippen molar-refractivity contribution in [1.29, 1.82) is 0 Å². The van der Waals surface area contributed by atoms with E-state index in [-0.39, 0.29) is 76.9 Å². The number of alkyl halides is 3. The zero-order chi connectivity index (χ0) is 36.2. The fourth-order valence-corrected chi connectivity index (χ4v) is 7.64. The van der Waals surface area contributed by atoms with Crippen molar-refractivity contribution in [3.8, 4) is 23.0 Å². The second-order valence-electron chi connectivity index (χ2n) is 11.7. The van der Waals surface area contributed by atoms with Crippen LogP contribution in [0.1, 0.15) is 34.0 Å². The Morgan fingerprint density at radius 3 is 1.80 bits per heavy atom. The molecule has 4 aliphatic rings. The van der Waals surface area contributed by atoms with Crippen LogP contribution in [0.2, 0.25) is 13.6 Å². The molecule has 2 fully saturated rings. The van der Waals surface area contributed by atoms with Crippen LogP contribution in [0, 0.1) is 0 Å². The summed E-state index contributed by atoms with van der Waals surface area (Å²) in [6.45, 7) is 7.36. The van der Waals surface area contributed by atoms with Gasteiger partial charge in [0, 0.05) is 54.9 Å². The number of piperidine rings is 2. The maximum atomic E-state index is 13.7. The molecule has 0 saturated carbocycles. The zero-order valence-electron chi connectivity index (χ0n) is 28.9. The number of ether oxygens (including phenoxy) is 4. The largest absolute Gasteiger partial charge is 1.00 e. The Morgan fingerprint density at radius 1 is 0.820 bits per heavy atom. The molecule has 0 radical (unpaired) electrons. The number of halogens is 4. The van der Waals surface area contributed by atoms with E-state index in [1.807, 2.05) is 0 Å². The van der Waals surface area contributed by atoms with Crippen LogP contribution in [0.15, 0.2) is 46.2 Å². The first-order valence-electron chi connectivity index (χ1n) is 15.4. The predicted molar refractivity (Wildman–Crippen MR) is 176 cm³/mol. The minimum absolute atomic E-state index is 0. The van der Waals surface area contributed by atoms with Gasteiger partial charge in [-0.2, -0.15) is 8.70 Å². The van der Waals surface area contributed by atoms with Gasteiger partial charge in [-0.3, -0.25) is 0 Å². The molecule has 274 valence electrons. The van der Waals surface area contributed by atoms with Crippen molar-refractivity contribution in [3.05, 3.63) is 36.4 Å². The van der Waals surface area contributed by atoms with Crippen molar-refractivity contribution < 1.29 is 90.0 Å². The topological polar surface area (TPSA) is 185 Å². The van der Waals surface area contributed by atoms with Crippen LogP contribution in [0.3, 0.4) is 0 Å². The molecule has 2 saturated heterocycles. The first-order chi connectivity index (χ1) is 22.7. The smallest absolute Gasteiger partial charge is 1.00 e. The second-order valence-corrected chi connectivity index (χ2v) is 16.3. The quantitative estimate of drug-likeness (QED) is 0.178. The Hall–Kier alpha value is -1.49. The summed E-state index contributed by atoms with van der Waals surface area (Å²) in [5, 5.41) is 27.7. The van der Waals surface area contributed by atoms with E-state index in [1.54, 1.807) is 13.6 Å². The van der Waals surface area contributed by atoms with Crippen molar-refractivity contribution in [2.24, 2.45) is 0 Å². The normalized spacial score (nSPS) is 21.5. The van der Waals surface area contributed by atoms with Gasteiger partial charge in [0.15, 0.2) is 23.0 Å². The Bertz CT molecular complexity index is 1680. The average Bonchev–Trinajstić information content (AvgIpc) is 3.49. The molecule has 2 aromatic carbocycles. The summed E-state index contributed by atoms with van der Waals surface area (Å²) in [7, 11) is -3.62. The van der Waals surface area contributed by atoms with Gasteiger partial charge in [0.05, 0.1) is 9.79 Å². The summed E-state index contributed by atoms with van der Waals surface area (Å²) in [4.78, 5) is -0.284. The second kappa shape index (κ2) is 17.6. The summed E-state index contributed by atoms with van der Waals surface area (Å²) in [5.41, 5.74) is 0. The van der Waals surface area contributed by atoms with E-state index in [0.717, 1.165) is 51.1 Å². The third-order valence-corrected chi connectivity index (χ3v) is 10.8. The Morgan fingerprint density at radius 2 is 1.26 bits per heavy atom. The van der Waals surface area contributed by atoms with Gasteiger partial charge in [0.2, 0.25) is 10.0 Å². The van der Waals surface area contributed by atoms with Gasteiger partial charge >= 0.3 is 56.0 Å². The molecular weight excluding hydrogens is 742 g/mol. The van der Waals surface area contributed by atoms with Crippen molar-refractivity contribution in [2.45, 2.75) is 80.5 Å². The number of hydrogen-bond donors (Lipinski definition) is 5. The summed E-state index contributed by atoms with van der Waals surface area (Å²) in [6.07, 6.45) is -0.290. The Labute approximate surface area is 318 Å². The van der Waals surface area contributed by atoms with E-state index >= 15 is 0 Å². The molecule has 14 nitrogen and oxygen atoms in total. The molecule has 4 aliphatic heterocycles. The molecule has 4 heterocycles. The van der Waals surface area contributed by atoms with Gasteiger partial charge in [-0.1, -0.05) is 0 Å². The average molecular weight is 781 g/mol. The molecule has 23 heteroatoms. The third-order valence-electron chi connectivity index (χ3n) is 7.54. The van der Waals surface area contributed by atoms with E-state index in [1.165, 1.54) is 22.5 Å². The van der Waals surface area contributed by atoms with Crippen LogP contribution in [0.5, 0.6) is 23.0 Å². The van der Waals surface area contributed by atoms with E-state index in [4.69, 9.17) is 25.2 Å². The van der Waals surface area contributed by atoms with Gasteiger partial charge in [0.25, 0.3) is 9.05 Å². The Kier molecular flexibility index (Phi) is 15.1. The predicted octanol–water partition coefficient (Wildman–Crippen LogP) is -0.556. The van der Waals surface area contributed by atoms with E-state index < -0.39 is 38.5 Å². The SMILES string of the molecule is CB(O)NC1CCN(S(=O)(=O)c2ccc3c(c2)OC(C)(F)O3)CC1.CB(O)NC1CCNCC1.O=S(=O)(Cl)c1ccc2c(c1)OC(F)(F)O2.[H-].[Na+]. The molecule has 1 atom stereocenters. The van der Waals surface area contributed by atoms with Crippen molar-refractivity contribution in [3.63, 3.8) is 0 Å². The van der Waals surface area contributed by atoms with Crippen LogP contribution in [-0.2, 0) is 19.1 Å². The zero-order valence-corrected chi connectivity index (χ0v) is 32.3. The van der Waals surface area contributed by atoms with Gasteiger partial charge in [-0.05, 0) is 76.7 Å². The number of fused-ring (bicyclic) bond motifs is 2. The van der Waals surface area contributed by atoms with Crippen molar-refractivity contribution >= 4 is 43.9 Å². The number of rotatable bonds is 7. The molecule has 0 amide bonds. The summed E-state index contributed by atoms with van der Waals surface area (Å²) in [5.74, 6) is -0.337. The van der Waals surface area contributed by atoms with Crippen LogP contribution in [-0.4, -0.2) is 95.9 Å². The minimum Gasteiger partial charge on any atom is -1.00 e. The molecule has 6 rings (SSSR count). The third kappa shape index (κ3) is 12.3. The van der Waals surface area contributed by atoms with E-state index in [0.29, 0.717) is 32.0 Å².